The van der Waals surface area contributed by atoms with Crippen molar-refractivity contribution in [3.05, 3.63) is 12.2 Å². The summed E-state index contributed by atoms with van der Waals surface area (Å²) in [6.07, 6.45) is 13.0. The van der Waals surface area contributed by atoms with Crippen LogP contribution < -0.4 is 0 Å². The molecule has 0 bridgehead atoms. The van der Waals surface area contributed by atoms with Crippen molar-refractivity contribution >= 4 is 17.7 Å². The van der Waals surface area contributed by atoms with Gasteiger partial charge in [-0.1, -0.05) is 25.0 Å². The van der Waals surface area contributed by atoms with Crippen LogP contribution in [0.3, 0.4) is 0 Å². The van der Waals surface area contributed by atoms with Gasteiger partial charge in [0.05, 0.1) is 6.61 Å². The zero-order valence-corrected chi connectivity index (χ0v) is 14.4. The fraction of sp³-hybridized carbons (Fsp3) is 0.833. The molecule has 126 valence electrons. The lowest BCUT2D eigenvalue weighted by Crippen LogP contribution is -2.20. The summed E-state index contributed by atoms with van der Waals surface area (Å²) in [6.45, 7) is 1.90. The molecule has 2 atom stereocenters. The minimum Gasteiger partial charge on any atom is -0.481 e. The van der Waals surface area contributed by atoms with Crippen LogP contribution in [0.1, 0.15) is 51.4 Å². The zero-order chi connectivity index (χ0) is 15.6. The van der Waals surface area contributed by atoms with E-state index in [9.17, 15) is 4.79 Å². The SMILES string of the molecule is O=C(O)CCCC=CC[C@H]1CSC[C@H]1COCC1CCCC1. The summed E-state index contributed by atoms with van der Waals surface area (Å²) in [6, 6.07) is 0. The highest BCUT2D eigenvalue weighted by atomic mass is 32.2. The summed E-state index contributed by atoms with van der Waals surface area (Å²) in [5, 5.41) is 8.60. The fourth-order valence-electron chi connectivity index (χ4n) is 3.41. The Morgan fingerprint density at radius 1 is 1.14 bits per heavy atom. The van der Waals surface area contributed by atoms with Crippen LogP contribution in [0.4, 0.5) is 0 Å². The summed E-state index contributed by atoms with van der Waals surface area (Å²) in [7, 11) is 0. The highest BCUT2D eigenvalue weighted by molar-refractivity contribution is 7.99. The van der Waals surface area contributed by atoms with E-state index in [1.165, 1.54) is 37.2 Å². The third-order valence-corrected chi connectivity index (χ3v) is 6.19. The van der Waals surface area contributed by atoms with Crippen molar-refractivity contribution < 1.29 is 14.6 Å². The predicted octanol–water partition coefficient (Wildman–Crippen LogP) is 4.37. The Bertz CT molecular complexity index is 350. The molecule has 0 aromatic heterocycles. The van der Waals surface area contributed by atoms with Gasteiger partial charge in [0.1, 0.15) is 0 Å². The van der Waals surface area contributed by atoms with Crippen molar-refractivity contribution in [2.75, 3.05) is 24.7 Å². The summed E-state index contributed by atoms with van der Waals surface area (Å²) in [5.41, 5.74) is 0. The van der Waals surface area contributed by atoms with E-state index in [-0.39, 0.29) is 6.42 Å². The van der Waals surface area contributed by atoms with Crippen LogP contribution in [-0.2, 0) is 9.53 Å². The molecule has 0 aromatic carbocycles. The van der Waals surface area contributed by atoms with Gasteiger partial charge in [-0.05, 0) is 61.4 Å². The molecule has 1 N–H and O–H groups in total. The van der Waals surface area contributed by atoms with Gasteiger partial charge >= 0.3 is 5.97 Å². The quantitative estimate of drug-likeness (QED) is 0.478. The van der Waals surface area contributed by atoms with Crippen molar-refractivity contribution in [3.8, 4) is 0 Å². The van der Waals surface area contributed by atoms with Crippen LogP contribution in [0.25, 0.3) is 0 Å². The van der Waals surface area contributed by atoms with E-state index >= 15 is 0 Å². The molecular weight excluding hydrogens is 296 g/mol. The first kappa shape index (κ1) is 17.9. The van der Waals surface area contributed by atoms with Gasteiger partial charge in [0, 0.05) is 13.0 Å². The van der Waals surface area contributed by atoms with Crippen LogP contribution in [-0.4, -0.2) is 35.8 Å². The Kier molecular flexibility index (Phi) is 8.38. The van der Waals surface area contributed by atoms with Crippen LogP contribution in [0.5, 0.6) is 0 Å². The Morgan fingerprint density at radius 3 is 2.68 bits per heavy atom. The van der Waals surface area contributed by atoms with E-state index in [1.54, 1.807) is 0 Å². The topological polar surface area (TPSA) is 46.5 Å². The normalized spacial score (nSPS) is 26.2. The highest BCUT2D eigenvalue weighted by Gasteiger charge is 2.27. The van der Waals surface area contributed by atoms with Crippen molar-refractivity contribution in [2.24, 2.45) is 17.8 Å². The number of carbonyl (C=O) groups is 1. The van der Waals surface area contributed by atoms with E-state index in [0.717, 1.165) is 44.3 Å². The molecule has 1 saturated carbocycles. The first-order chi connectivity index (χ1) is 10.8. The second-order valence-corrected chi connectivity index (χ2v) is 7.81. The van der Waals surface area contributed by atoms with E-state index in [4.69, 9.17) is 9.84 Å². The molecule has 4 heteroatoms. The van der Waals surface area contributed by atoms with Crippen molar-refractivity contribution in [2.45, 2.75) is 51.4 Å². The number of aliphatic carboxylic acids is 1. The second-order valence-electron chi connectivity index (χ2n) is 6.74. The second kappa shape index (κ2) is 10.3. The van der Waals surface area contributed by atoms with Gasteiger partial charge in [-0.2, -0.15) is 11.8 Å². The van der Waals surface area contributed by atoms with Gasteiger partial charge in [0.15, 0.2) is 0 Å². The predicted molar refractivity (Wildman–Crippen MR) is 92.3 cm³/mol. The first-order valence-corrected chi connectivity index (χ1v) is 9.93. The van der Waals surface area contributed by atoms with Gasteiger partial charge in [0.2, 0.25) is 0 Å². The minimum atomic E-state index is -0.694. The molecule has 1 heterocycles. The molecule has 2 rings (SSSR count). The number of rotatable bonds is 10. The highest BCUT2D eigenvalue weighted by Crippen LogP contribution is 2.33. The van der Waals surface area contributed by atoms with Gasteiger partial charge in [-0.3, -0.25) is 4.79 Å². The number of allylic oxidation sites excluding steroid dienone is 2. The van der Waals surface area contributed by atoms with Gasteiger partial charge < -0.3 is 9.84 Å². The summed E-state index contributed by atoms with van der Waals surface area (Å²) in [5.74, 6) is 4.06. The lowest BCUT2D eigenvalue weighted by Gasteiger charge is -2.18. The van der Waals surface area contributed by atoms with Gasteiger partial charge in [0.25, 0.3) is 0 Å². The summed E-state index contributed by atoms with van der Waals surface area (Å²) >= 11 is 2.05. The number of ether oxygens (including phenoxy) is 1. The molecule has 2 fully saturated rings. The molecule has 0 spiro atoms. The number of carboxylic acids is 1. The average Bonchev–Trinajstić information content (AvgIpc) is 3.14. The van der Waals surface area contributed by atoms with Crippen molar-refractivity contribution in [1.82, 2.24) is 0 Å². The average molecular weight is 327 g/mol. The number of carboxylic acid groups (broad SMARTS) is 1. The maximum Gasteiger partial charge on any atom is 0.303 e. The molecule has 1 saturated heterocycles. The standard InChI is InChI=1S/C18H30O3S/c19-18(20)10-4-2-1-3-9-16-13-22-14-17(16)12-21-11-15-7-5-6-8-15/h1,3,15-17H,2,4-14H2,(H,19,20)/t16-,17+/m0/s1. The van der Waals surface area contributed by atoms with Crippen LogP contribution in [0.15, 0.2) is 12.2 Å². The Balaban J connectivity index is 1.56. The van der Waals surface area contributed by atoms with E-state index < -0.39 is 5.97 Å². The van der Waals surface area contributed by atoms with Crippen LogP contribution in [0, 0.1) is 17.8 Å². The molecule has 0 aromatic rings. The molecule has 0 unspecified atom stereocenters. The number of hydrogen-bond acceptors (Lipinski definition) is 3. The molecule has 3 nitrogen and oxygen atoms in total. The molecule has 0 amide bonds. The molecule has 1 aliphatic heterocycles. The smallest absolute Gasteiger partial charge is 0.303 e. The maximum atomic E-state index is 10.4. The molecule has 0 radical (unpaired) electrons. The number of hydrogen-bond donors (Lipinski definition) is 1. The number of unbranched alkanes of at least 4 members (excludes halogenated alkanes) is 1. The monoisotopic (exact) mass is 326 g/mol. The van der Waals surface area contributed by atoms with Gasteiger partial charge in [-0.25, -0.2) is 0 Å². The Hall–Kier alpha value is -0.480. The maximum absolute atomic E-state index is 10.4. The molecule has 1 aliphatic carbocycles. The number of thioether (sulfide) groups is 1. The minimum absolute atomic E-state index is 0.279. The summed E-state index contributed by atoms with van der Waals surface area (Å²) in [4.78, 5) is 10.4. The zero-order valence-electron chi connectivity index (χ0n) is 13.5. The summed E-state index contributed by atoms with van der Waals surface area (Å²) < 4.78 is 6.00. The largest absolute Gasteiger partial charge is 0.481 e. The van der Waals surface area contributed by atoms with Crippen molar-refractivity contribution in [3.63, 3.8) is 0 Å². The fourth-order valence-corrected chi connectivity index (χ4v) is 4.93. The van der Waals surface area contributed by atoms with Crippen molar-refractivity contribution in [1.29, 1.82) is 0 Å². The van der Waals surface area contributed by atoms with E-state index in [1.807, 2.05) is 0 Å². The lowest BCUT2D eigenvalue weighted by atomic mass is 9.93. The molecule has 2 aliphatic rings. The first-order valence-electron chi connectivity index (χ1n) is 8.78. The Labute approximate surface area is 138 Å². The lowest BCUT2D eigenvalue weighted by molar-refractivity contribution is -0.137. The molecular formula is C18H30O3S. The third-order valence-electron chi connectivity index (χ3n) is 4.86. The third kappa shape index (κ3) is 6.74. The van der Waals surface area contributed by atoms with E-state index in [2.05, 4.69) is 23.9 Å². The van der Waals surface area contributed by atoms with E-state index in [0.29, 0.717) is 5.92 Å². The molecule has 22 heavy (non-hydrogen) atoms. The van der Waals surface area contributed by atoms with Crippen LogP contribution in [0.2, 0.25) is 0 Å². The van der Waals surface area contributed by atoms with Crippen LogP contribution >= 0.6 is 11.8 Å². The van der Waals surface area contributed by atoms with Gasteiger partial charge in [-0.15, -0.1) is 0 Å². The Morgan fingerprint density at radius 2 is 1.91 bits per heavy atom.